The van der Waals surface area contributed by atoms with Gasteiger partial charge in [0.25, 0.3) is 5.91 Å². The maximum Gasteiger partial charge on any atom is 0.257 e. The molecule has 2 saturated heterocycles. The van der Waals surface area contributed by atoms with Crippen molar-refractivity contribution in [1.29, 1.82) is 0 Å². The number of hydrogen-bond acceptors (Lipinski definition) is 4. The van der Waals surface area contributed by atoms with Crippen molar-refractivity contribution in [2.24, 2.45) is 0 Å². The molecule has 2 aliphatic rings. The van der Waals surface area contributed by atoms with Crippen molar-refractivity contribution in [3.05, 3.63) is 51.4 Å². The standard InChI is InChI=1S/C15H10ClFN2OS3/c16-9-6-8(3-4-10(9)17)18-13(20)11-7-23-14(19(11)15(18)21)12-2-1-5-22-12/h1-6,11,14H,7H2/t11-,14?/m0/s1. The molecule has 118 valence electrons. The normalized spacial score (nSPS) is 23.7. The highest BCUT2D eigenvalue weighted by Gasteiger charge is 2.51. The molecule has 1 aromatic heterocycles. The predicted octanol–water partition coefficient (Wildman–Crippen LogP) is 4.29. The van der Waals surface area contributed by atoms with Gasteiger partial charge in [0.05, 0.1) is 10.7 Å². The van der Waals surface area contributed by atoms with Crippen LogP contribution in [0.25, 0.3) is 0 Å². The summed E-state index contributed by atoms with van der Waals surface area (Å²) in [6, 6.07) is 7.99. The lowest BCUT2D eigenvalue weighted by atomic mass is 10.2. The summed E-state index contributed by atoms with van der Waals surface area (Å²) in [5, 5.41) is 2.50. The van der Waals surface area contributed by atoms with Crippen LogP contribution in [0.2, 0.25) is 5.02 Å². The number of carbonyl (C=O) groups excluding carboxylic acids is 1. The van der Waals surface area contributed by atoms with Crippen LogP contribution in [-0.4, -0.2) is 27.7 Å². The van der Waals surface area contributed by atoms with Gasteiger partial charge in [-0.1, -0.05) is 17.7 Å². The minimum Gasteiger partial charge on any atom is -0.319 e. The van der Waals surface area contributed by atoms with Crippen molar-refractivity contribution in [1.82, 2.24) is 4.90 Å². The van der Waals surface area contributed by atoms with Crippen LogP contribution in [0.3, 0.4) is 0 Å². The average Bonchev–Trinajstić information content (AvgIpc) is 3.22. The molecule has 1 aromatic carbocycles. The van der Waals surface area contributed by atoms with Gasteiger partial charge in [-0.05, 0) is 41.9 Å². The number of thioether (sulfide) groups is 1. The molecular weight excluding hydrogens is 375 g/mol. The number of thiocarbonyl (C=S) groups is 1. The summed E-state index contributed by atoms with van der Waals surface area (Å²) in [4.78, 5) is 17.4. The minimum atomic E-state index is -0.513. The Hall–Kier alpha value is -1.15. The van der Waals surface area contributed by atoms with E-state index in [9.17, 15) is 9.18 Å². The fourth-order valence-corrected chi connectivity index (χ4v) is 5.86. The molecule has 1 amide bonds. The number of nitrogens with zero attached hydrogens (tertiary/aromatic N) is 2. The molecule has 0 saturated carbocycles. The van der Waals surface area contributed by atoms with Crippen molar-refractivity contribution in [2.75, 3.05) is 10.7 Å². The number of benzene rings is 1. The largest absolute Gasteiger partial charge is 0.319 e. The zero-order chi connectivity index (χ0) is 16.1. The van der Waals surface area contributed by atoms with Crippen LogP contribution in [0.5, 0.6) is 0 Å². The van der Waals surface area contributed by atoms with Gasteiger partial charge in [0.1, 0.15) is 17.2 Å². The molecule has 8 heteroatoms. The highest BCUT2D eigenvalue weighted by molar-refractivity contribution is 8.00. The molecule has 3 nitrogen and oxygen atoms in total. The van der Waals surface area contributed by atoms with Gasteiger partial charge in [-0.3, -0.25) is 9.69 Å². The second-order valence-electron chi connectivity index (χ2n) is 5.18. The van der Waals surface area contributed by atoms with E-state index >= 15 is 0 Å². The Morgan fingerprint density at radius 3 is 2.87 bits per heavy atom. The smallest absolute Gasteiger partial charge is 0.257 e. The van der Waals surface area contributed by atoms with Gasteiger partial charge in [-0.2, -0.15) is 0 Å². The molecule has 0 aliphatic carbocycles. The molecule has 2 aliphatic heterocycles. The number of thiophene rings is 1. The first kappa shape index (κ1) is 15.4. The van der Waals surface area contributed by atoms with E-state index < -0.39 is 5.82 Å². The molecule has 2 fully saturated rings. The number of rotatable bonds is 2. The summed E-state index contributed by atoms with van der Waals surface area (Å²) in [6.07, 6.45) is 0. The van der Waals surface area contributed by atoms with E-state index in [4.69, 9.17) is 23.8 Å². The minimum absolute atomic E-state index is 0.0191. The van der Waals surface area contributed by atoms with Crippen molar-refractivity contribution in [2.45, 2.75) is 11.4 Å². The van der Waals surface area contributed by atoms with Gasteiger partial charge < -0.3 is 4.90 Å². The Morgan fingerprint density at radius 1 is 1.35 bits per heavy atom. The van der Waals surface area contributed by atoms with E-state index in [0.717, 1.165) is 0 Å². The summed E-state index contributed by atoms with van der Waals surface area (Å²) < 4.78 is 13.4. The number of fused-ring (bicyclic) bond motifs is 1. The van der Waals surface area contributed by atoms with Crippen LogP contribution >= 0.6 is 46.9 Å². The predicted molar refractivity (Wildman–Crippen MR) is 96.6 cm³/mol. The third-order valence-electron chi connectivity index (χ3n) is 3.87. The van der Waals surface area contributed by atoms with Crippen LogP contribution in [0.15, 0.2) is 35.7 Å². The Balaban J connectivity index is 1.71. The number of anilines is 1. The fraction of sp³-hybridized carbons (Fsp3) is 0.200. The van der Waals surface area contributed by atoms with Crippen molar-refractivity contribution in [3.63, 3.8) is 0 Å². The van der Waals surface area contributed by atoms with Gasteiger partial charge in [0, 0.05) is 10.6 Å². The van der Waals surface area contributed by atoms with Gasteiger partial charge in [-0.15, -0.1) is 23.1 Å². The molecule has 3 heterocycles. The van der Waals surface area contributed by atoms with E-state index in [1.54, 1.807) is 23.1 Å². The second kappa shape index (κ2) is 5.73. The maximum atomic E-state index is 13.4. The topological polar surface area (TPSA) is 23.6 Å². The molecule has 4 rings (SSSR count). The number of carbonyl (C=O) groups is 1. The molecular formula is C15H10ClFN2OS3. The first-order valence-corrected chi connectivity index (χ1v) is 9.55. The lowest BCUT2D eigenvalue weighted by molar-refractivity contribution is -0.119. The Morgan fingerprint density at radius 2 is 2.17 bits per heavy atom. The van der Waals surface area contributed by atoms with Gasteiger partial charge in [-0.25, -0.2) is 4.39 Å². The second-order valence-corrected chi connectivity index (χ2v) is 8.04. The zero-order valence-corrected chi connectivity index (χ0v) is 14.8. The van der Waals surface area contributed by atoms with E-state index in [1.165, 1.54) is 28.0 Å². The van der Waals surface area contributed by atoms with Crippen LogP contribution in [-0.2, 0) is 4.79 Å². The number of halogens is 2. The third-order valence-corrected chi connectivity index (χ3v) is 6.93. The lowest BCUT2D eigenvalue weighted by Gasteiger charge is -2.24. The van der Waals surface area contributed by atoms with Crippen molar-refractivity contribution in [3.8, 4) is 0 Å². The maximum absolute atomic E-state index is 13.4. The van der Waals surface area contributed by atoms with Crippen LogP contribution in [0.4, 0.5) is 10.1 Å². The van der Waals surface area contributed by atoms with Crippen LogP contribution in [0, 0.1) is 5.82 Å². The van der Waals surface area contributed by atoms with Crippen molar-refractivity contribution < 1.29 is 9.18 Å². The first-order valence-electron chi connectivity index (χ1n) is 6.84. The van der Waals surface area contributed by atoms with Crippen LogP contribution in [0.1, 0.15) is 10.3 Å². The van der Waals surface area contributed by atoms with E-state index in [0.29, 0.717) is 16.6 Å². The summed E-state index contributed by atoms with van der Waals surface area (Å²) in [6.45, 7) is 0. The van der Waals surface area contributed by atoms with Gasteiger partial charge in [0.15, 0.2) is 5.11 Å². The van der Waals surface area contributed by atoms with Crippen LogP contribution < -0.4 is 4.90 Å². The summed E-state index contributed by atoms with van der Waals surface area (Å²) in [5.74, 6) is 0.0946. The Labute approximate surface area is 151 Å². The van der Waals surface area contributed by atoms with Gasteiger partial charge in [0.2, 0.25) is 0 Å². The lowest BCUT2D eigenvalue weighted by Crippen LogP contribution is -2.33. The zero-order valence-electron chi connectivity index (χ0n) is 11.6. The van der Waals surface area contributed by atoms with E-state index in [-0.39, 0.29) is 22.3 Å². The molecule has 0 spiro atoms. The Kier molecular flexibility index (Phi) is 3.84. The highest BCUT2D eigenvalue weighted by atomic mass is 35.5. The Bertz CT molecular complexity index is 798. The first-order chi connectivity index (χ1) is 11.1. The van der Waals surface area contributed by atoms with Crippen molar-refractivity contribution >= 4 is 63.6 Å². The molecule has 0 bridgehead atoms. The van der Waals surface area contributed by atoms with E-state index in [2.05, 4.69) is 6.07 Å². The molecule has 0 radical (unpaired) electrons. The highest BCUT2D eigenvalue weighted by Crippen LogP contribution is 2.47. The summed E-state index contributed by atoms with van der Waals surface area (Å²) in [7, 11) is 0. The molecule has 2 aromatic rings. The third kappa shape index (κ3) is 2.38. The number of hydrogen-bond donors (Lipinski definition) is 0. The molecule has 23 heavy (non-hydrogen) atoms. The molecule has 2 atom stereocenters. The summed E-state index contributed by atoms with van der Waals surface area (Å²) in [5.41, 5.74) is 0.510. The van der Waals surface area contributed by atoms with Gasteiger partial charge >= 0.3 is 0 Å². The summed E-state index contributed by atoms with van der Waals surface area (Å²) >= 11 is 14.8. The fourth-order valence-electron chi connectivity index (χ4n) is 2.80. The SMILES string of the molecule is O=C1[C@@H]2CSC(c3cccs3)N2C(=S)N1c1ccc(F)c(Cl)c1. The quantitative estimate of drug-likeness (QED) is 0.721. The molecule has 0 N–H and O–H groups in total. The number of amides is 1. The van der Waals surface area contributed by atoms with E-state index in [1.807, 2.05) is 16.3 Å². The average molecular weight is 385 g/mol. The monoisotopic (exact) mass is 384 g/mol. The molecule has 1 unspecified atom stereocenters.